The number of rotatable bonds is 6. The molecule has 2 aromatic rings. The number of carbonyl (C=O) groups excluding carboxylic acids is 2. The van der Waals surface area contributed by atoms with Crippen molar-refractivity contribution in [2.24, 2.45) is 5.92 Å². The summed E-state index contributed by atoms with van der Waals surface area (Å²) in [5.41, 5.74) is 2.49. The van der Waals surface area contributed by atoms with Crippen molar-refractivity contribution in [2.45, 2.75) is 39.4 Å². The first kappa shape index (κ1) is 17.1. The number of pyridine rings is 1. The molecule has 2 atom stereocenters. The maximum atomic E-state index is 12.9. The third-order valence-electron chi connectivity index (χ3n) is 4.81. The summed E-state index contributed by atoms with van der Waals surface area (Å²) >= 11 is 0. The highest BCUT2D eigenvalue weighted by atomic mass is 16.2. The summed E-state index contributed by atoms with van der Waals surface area (Å²) in [6.07, 6.45) is 2.52. The number of nitrogens with zero attached hydrogens (tertiary/aromatic N) is 2. The quantitative estimate of drug-likeness (QED) is 0.882. The molecule has 130 valence electrons. The van der Waals surface area contributed by atoms with E-state index in [1.807, 2.05) is 56.3 Å². The predicted octanol–water partition coefficient (Wildman–Crippen LogP) is 2.77. The lowest BCUT2D eigenvalue weighted by Crippen LogP contribution is -2.50. The van der Waals surface area contributed by atoms with E-state index in [0.717, 1.165) is 17.7 Å². The highest BCUT2D eigenvalue weighted by Crippen LogP contribution is 2.28. The number of hydrogen-bond donors (Lipinski definition) is 1. The van der Waals surface area contributed by atoms with Gasteiger partial charge in [-0.3, -0.25) is 14.6 Å². The van der Waals surface area contributed by atoms with Crippen molar-refractivity contribution in [3.63, 3.8) is 0 Å². The van der Waals surface area contributed by atoms with E-state index in [-0.39, 0.29) is 17.7 Å². The Kier molecular flexibility index (Phi) is 5.12. The second-order valence-electron chi connectivity index (χ2n) is 6.46. The van der Waals surface area contributed by atoms with Gasteiger partial charge in [-0.2, -0.15) is 0 Å². The van der Waals surface area contributed by atoms with Gasteiger partial charge in [-0.15, -0.1) is 0 Å². The summed E-state index contributed by atoms with van der Waals surface area (Å²) in [6.45, 7) is 4.90. The van der Waals surface area contributed by atoms with Crippen LogP contribution in [0.3, 0.4) is 0 Å². The Morgan fingerprint density at radius 3 is 2.68 bits per heavy atom. The van der Waals surface area contributed by atoms with Gasteiger partial charge in [-0.05, 0) is 29.7 Å². The Bertz CT molecular complexity index is 761. The lowest BCUT2D eigenvalue weighted by atomic mass is 9.96. The van der Waals surface area contributed by atoms with Gasteiger partial charge in [0.2, 0.25) is 5.91 Å². The van der Waals surface area contributed by atoms with Crippen LogP contribution in [0, 0.1) is 5.92 Å². The molecule has 2 amide bonds. The van der Waals surface area contributed by atoms with Crippen LogP contribution in [-0.2, 0) is 17.9 Å². The molecule has 0 aliphatic carbocycles. The number of benzene rings is 1. The fraction of sp³-hybridized carbons (Fsp3) is 0.350. The normalized spacial score (nSPS) is 15.6. The summed E-state index contributed by atoms with van der Waals surface area (Å²) in [7, 11) is 0. The van der Waals surface area contributed by atoms with Crippen LogP contribution in [0.1, 0.15) is 41.9 Å². The Morgan fingerprint density at radius 2 is 2.00 bits per heavy atom. The van der Waals surface area contributed by atoms with E-state index in [9.17, 15) is 9.59 Å². The van der Waals surface area contributed by atoms with Crippen molar-refractivity contribution >= 4 is 11.8 Å². The molecule has 0 radical (unpaired) electrons. The highest BCUT2D eigenvalue weighted by molar-refractivity contribution is 6.01. The van der Waals surface area contributed by atoms with Crippen molar-refractivity contribution in [1.82, 2.24) is 15.2 Å². The monoisotopic (exact) mass is 337 g/mol. The van der Waals surface area contributed by atoms with E-state index < -0.39 is 6.04 Å². The Labute approximate surface area is 148 Å². The van der Waals surface area contributed by atoms with Gasteiger partial charge in [0.05, 0.1) is 12.2 Å². The summed E-state index contributed by atoms with van der Waals surface area (Å²) in [5.74, 6) is -0.114. The molecule has 0 saturated heterocycles. The zero-order valence-corrected chi connectivity index (χ0v) is 14.6. The Balaban J connectivity index is 1.76. The van der Waals surface area contributed by atoms with Gasteiger partial charge >= 0.3 is 0 Å². The summed E-state index contributed by atoms with van der Waals surface area (Å²) < 4.78 is 0. The zero-order chi connectivity index (χ0) is 17.8. The third-order valence-corrected chi connectivity index (χ3v) is 4.81. The average Bonchev–Trinajstić information content (AvgIpc) is 2.97. The molecule has 3 rings (SSSR count). The molecule has 0 fully saturated rings. The van der Waals surface area contributed by atoms with E-state index >= 15 is 0 Å². The maximum absolute atomic E-state index is 12.9. The van der Waals surface area contributed by atoms with Gasteiger partial charge in [0.1, 0.15) is 6.04 Å². The second-order valence-corrected chi connectivity index (χ2v) is 6.46. The first-order valence-corrected chi connectivity index (χ1v) is 8.68. The SMILES string of the molecule is CCC(C)C(C(=O)NCc1ccccn1)N1Cc2ccccc2C1=O. The van der Waals surface area contributed by atoms with Crippen LogP contribution < -0.4 is 5.32 Å². The fourth-order valence-corrected chi connectivity index (χ4v) is 3.22. The predicted molar refractivity (Wildman–Crippen MR) is 95.6 cm³/mol. The zero-order valence-electron chi connectivity index (χ0n) is 14.6. The molecule has 1 aromatic carbocycles. The smallest absolute Gasteiger partial charge is 0.255 e. The molecule has 5 heteroatoms. The highest BCUT2D eigenvalue weighted by Gasteiger charge is 2.38. The van der Waals surface area contributed by atoms with Crippen molar-refractivity contribution in [2.75, 3.05) is 0 Å². The Morgan fingerprint density at radius 1 is 1.24 bits per heavy atom. The standard InChI is InChI=1S/C20H23N3O2/c1-3-14(2)18(19(24)22-12-16-9-6-7-11-21-16)23-13-15-8-4-5-10-17(15)20(23)25/h4-11,14,18H,3,12-13H2,1-2H3,(H,22,24). The lowest BCUT2D eigenvalue weighted by molar-refractivity contribution is -0.127. The molecule has 1 aliphatic heterocycles. The lowest BCUT2D eigenvalue weighted by Gasteiger charge is -2.31. The Hall–Kier alpha value is -2.69. The molecular weight excluding hydrogens is 314 g/mol. The van der Waals surface area contributed by atoms with Crippen LogP contribution in [-0.4, -0.2) is 27.7 Å². The number of amides is 2. The largest absolute Gasteiger partial charge is 0.349 e. The van der Waals surface area contributed by atoms with Gasteiger partial charge in [0.25, 0.3) is 5.91 Å². The van der Waals surface area contributed by atoms with Gasteiger partial charge in [0, 0.05) is 18.3 Å². The first-order chi connectivity index (χ1) is 12.1. The molecule has 0 saturated carbocycles. The minimum Gasteiger partial charge on any atom is -0.349 e. The number of fused-ring (bicyclic) bond motifs is 1. The molecule has 2 heterocycles. The number of nitrogens with one attached hydrogen (secondary N) is 1. The maximum Gasteiger partial charge on any atom is 0.255 e. The molecule has 0 spiro atoms. The van der Waals surface area contributed by atoms with Crippen molar-refractivity contribution in [3.8, 4) is 0 Å². The van der Waals surface area contributed by atoms with Crippen molar-refractivity contribution < 1.29 is 9.59 Å². The fourth-order valence-electron chi connectivity index (χ4n) is 3.22. The van der Waals surface area contributed by atoms with E-state index in [4.69, 9.17) is 0 Å². The summed E-state index contributed by atoms with van der Waals surface area (Å²) in [5, 5.41) is 2.94. The van der Waals surface area contributed by atoms with Gasteiger partial charge in [-0.25, -0.2) is 0 Å². The van der Waals surface area contributed by atoms with E-state index in [1.54, 1.807) is 11.1 Å². The van der Waals surface area contributed by atoms with Crippen LogP contribution >= 0.6 is 0 Å². The van der Waals surface area contributed by atoms with E-state index in [1.165, 1.54) is 0 Å². The molecule has 1 aromatic heterocycles. The molecule has 5 nitrogen and oxygen atoms in total. The van der Waals surface area contributed by atoms with Crippen LogP contribution in [0.15, 0.2) is 48.7 Å². The van der Waals surface area contributed by atoms with Crippen LogP contribution in [0.25, 0.3) is 0 Å². The van der Waals surface area contributed by atoms with Crippen LogP contribution in [0.2, 0.25) is 0 Å². The average molecular weight is 337 g/mol. The number of carbonyl (C=O) groups is 2. The molecule has 25 heavy (non-hydrogen) atoms. The first-order valence-electron chi connectivity index (χ1n) is 8.68. The topological polar surface area (TPSA) is 62.3 Å². The number of hydrogen-bond acceptors (Lipinski definition) is 3. The minimum absolute atomic E-state index is 0.0612. The van der Waals surface area contributed by atoms with Gasteiger partial charge in [-0.1, -0.05) is 44.5 Å². The number of aromatic nitrogens is 1. The van der Waals surface area contributed by atoms with Crippen LogP contribution in [0.5, 0.6) is 0 Å². The summed E-state index contributed by atoms with van der Waals surface area (Å²) in [6, 6.07) is 12.7. The van der Waals surface area contributed by atoms with Gasteiger partial charge in [0.15, 0.2) is 0 Å². The molecular formula is C20H23N3O2. The van der Waals surface area contributed by atoms with Crippen molar-refractivity contribution in [3.05, 3.63) is 65.5 Å². The van der Waals surface area contributed by atoms with Crippen molar-refractivity contribution in [1.29, 1.82) is 0 Å². The summed E-state index contributed by atoms with van der Waals surface area (Å²) in [4.78, 5) is 31.6. The second kappa shape index (κ2) is 7.47. The van der Waals surface area contributed by atoms with E-state index in [2.05, 4.69) is 10.3 Å². The molecule has 1 aliphatic rings. The van der Waals surface area contributed by atoms with Gasteiger partial charge < -0.3 is 10.2 Å². The molecule has 2 unspecified atom stereocenters. The van der Waals surface area contributed by atoms with Crippen LogP contribution in [0.4, 0.5) is 0 Å². The molecule has 1 N–H and O–H groups in total. The third kappa shape index (κ3) is 3.55. The van der Waals surface area contributed by atoms with E-state index in [0.29, 0.717) is 18.7 Å². The minimum atomic E-state index is -0.478. The molecule has 0 bridgehead atoms.